The summed E-state index contributed by atoms with van der Waals surface area (Å²) < 4.78 is 18.9. The molecule has 0 radical (unpaired) electrons. The minimum absolute atomic E-state index is 0.272. The first-order valence-corrected chi connectivity index (χ1v) is 5.15. The molecular formula is C10H7BrFN3O. The molecule has 0 spiro atoms. The van der Waals surface area contributed by atoms with Gasteiger partial charge in [0.05, 0.1) is 4.47 Å². The number of halogens is 2. The molecule has 0 fully saturated rings. The number of hydrogen-bond donors (Lipinski definition) is 1. The second kappa shape index (κ2) is 4.44. The lowest BCUT2D eigenvalue weighted by atomic mass is 10.3. The molecule has 0 amide bonds. The summed E-state index contributed by atoms with van der Waals surface area (Å²) in [7, 11) is 0. The van der Waals surface area contributed by atoms with Crippen molar-refractivity contribution in [2.24, 2.45) is 0 Å². The first-order chi connectivity index (χ1) is 7.65. The third-order valence-electron chi connectivity index (χ3n) is 1.78. The maximum absolute atomic E-state index is 13.2. The fourth-order valence-corrected chi connectivity index (χ4v) is 1.32. The predicted molar refractivity (Wildman–Crippen MR) is 60.6 cm³/mol. The smallest absolute Gasteiger partial charge is 0.224 e. The van der Waals surface area contributed by atoms with Gasteiger partial charge in [0.1, 0.15) is 23.7 Å². The van der Waals surface area contributed by atoms with Crippen LogP contribution in [0.5, 0.6) is 11.6 Å². The van der Waals surface area contributed by atoms with Crippen LogP contribution in [0.1, 0.15) is 0 Å². The van der Waals surface area contributed by atoms with Gasteiger partial charge in [0.2, 0.25) is 5.88 Å². The molecule has 4 nitrogen and oxygen atoms in total. The van der Waals surface area contributed by atoms with Gasteiger partial charge in [0.25, 0.3) is 0 Å². The molecule has 2 N–H and O–H groups in total. The number of aromatic nitrogens is 2. The quantitative estimate of drug-likeness (QED) is 0.921. The molecule has 1 heterocycles. The third kappa shape index (κ3) is 2.46. The standard InChI is InChI=1S/C10H7BrFN3O/c11-7-2-1-6(3-8(7)12)16-10-4-9(13)14-5-15-10/h1-5H,(H2,13,14,15). The Bertz CT molecular complexity index is 521. The monoisotopic (exact) mass is 283 g/mol. The molecule has 16 heavy (non-hydrogen) atoms. The van der Waals surface area contributed by atoms with Crippen LogP contribution in [0.2, 0.25) is 0 Å². The van der Waals surface area contributed by atoms with Gasteiger partial charge in [0.15, 0.2) is 0 Å². The number of nitrogens with zero attached hydrogens (tertiary/aromatic N) is 2. The Hall–Kier alpha value is -1.69. The molecular weight excluding hydrogens is 277 g/mol. The molecule has 0 saturated heterocycles. The van der Waals surface area contributed by atoms with E-state index in [0.29, 0.717) is 16.0 Å². The SMILES string of the molecule is Nc1cc(Oc2ccc(Br)c(F)c2)ncn1. The summed E-state index contributed by atoms with van der Waals surface area (Å²) >= 11 is 3.05. The molecule has 6 heteroatoms. The van der Waals surface area contributed by atoms with E-state index in [-0.39, 0.29) is 5.88 Å². The lowest BCUT2D eigenvalue weighted by molar-refractivity contribution is 0.457. The van der Waals surface area contributed by atoms with Gasteiger partial charge in [0, 0.05) is 12.1 Å². The van der Waals surface area contributed by atoms with Crippen LogP contribution in [-0.4, -0.2) is 9.97 Å². The molecule has 1 aromatic heterocycles. The van der Waals surface area contributed by atoms with Crippen LogP contribution < -0.4 is 10.5 Å². The second-order valence-electron chi connectivity index (χ2n) is 2.96. The van der Waals surface area contributed by atoms with Crippen LogP contribution in [0, 0.1) is 5.82 Å². The van der Waals surface area contributed by atoms with Crippen molar-refractivity contribution in [2.75, 3.05) is 5.73 Å². The number of rotatable bonds is 2. The fraction of sp³-hybridized carbons (Fsp3) is 0. The molecule has 0 aliphatic rings. The minimum Gasteiger partial charge on any atom is -0.439 e. The van der Waals surface area contributed by atoms with E-state index < -0.39 is 5.82 Å². The first kappa shape index (κ1) is 10.8. The van der Waals surface area contributed by atoms with Gasteiger partial charge in [-0.1, -0.05) is 0 Å². The second-order valence-corrected chi connectivity index (χ2v) is 3.81. The summed E-state index contributed by atoms with van der Waals surface area (Å²) in [6.45, 7) is 0. The number of nitrogen functional groups attached to an aromatic ring is 1. The largest absolute Gasteiger partial charge is 0.439 e. The summed E-state index contributed by atoms with van der Waals surface area (Å²) in [5.74, 6) is 0.509. The molecule has 0 atom stereocenters. The number of hydrogen-bond acceptors (Lipinski definition) is 4. The number of nitrogens with two attached hydrogens (primary N) is 1. The Morgan fingerprint density at radius 3 is 2.75 bits per heavy atom. The Labute approximate surface area is 99.4 Å². The lowest BCUT2D eigenvalue weighted by Gasteiger charge is -2.05. The van der Waals surface area contributed by atoms with E-state index >= 15 is 0 Å². The van der Waals surface area contributed by atoms with Crippen molar-refractivity contribution in [3.63, 3.8) is 0 Å². The number of anilines is 1. The normalized spacial score (nSPS) is 10.1. The van der Waals surface area contributed by atoms with Crippen molar-refractivity contribution in [1.29, 1.82) is 0 Å². The molecule has 0 bridgehead atoms. The molecule has 0 aliphatic carbocycles. The van der Waals surface area contributed by atoms with E-state index in [1.54, 1.807) is 12.1 Å². The predicted octanol–water partition coefficient (Wildman–Crippen LogP) is 2.75. The van der Waals surface area contributed by atoms with Crippen LogP contribution in [0.4, 0.5) is 10.2 Å². The minimum atomic E-state index is -0.403. The van der Waals surface area contributed by atoms with Crippen molar-refractivity contribution in [2.45, 2.75) is 0 Å². The van der Waals surface area contributed by atoms with Gasteiger partial charge in [-0.2, -0.15) is 0 Å². The Balaban J connectivity index is 2.24. The lowest BCUT2D eigenvalue weighted by Crippen LogP contribution is -1.94. The summed E-state index contributed by atoms with van der Waals surface area (Å²) in [5.41, 5.74) is 5.45. The van der Waals surface area contributed by atoms with E-state index in [9.17, 15) is 4.39 Å². The zero-order valence-electron chi connectivity index (χ0n) is 8.02. The highest BCUT2D eigenvalue weighted by Crippen LogP contribution is 2.24. The van der Waals surface area contributed by atoms with Crippen LogP contribution in [0.25, 0.3) is 0 Å². The summed E-state index contributed by atoms with van der Waals surface area (Å²) in [4.78, 5) is 7.56. The van der Waals surface area contributed by atoms with Crippen molar-refractivity contribution >= 4 is 21.7 Å². The average molecular weight is 284 g/mol. The number of ether oxygens (including phenoxy) is 1. The van der Waals surface area contributed by atoms with Crippen LogP contribution in [-0.2, 0) is 0 Å². The van der Waals surface area contributed by atoms with Crippen LogP contribution >= 0.6 is 15.9 Å². The van der Waals surface area contributed by atoms with Crippen LogP contribution in [0.3, 0.4) is 0 Å². The maximum Gasteiger partial charge on any atom is 0.224 e. The molecule has 82 valence electrons. The molecule has 0 aliphatic heterocycles. The Kier molecular flexibility index (Phi) is 3.00. The summed E-state index contributed by atoms with van der Waals surface area (Å²) in [6.07, 6.45) is 1.28. The van der Waals surface area contributed by atoms with Gasteiger partial charge in [-0.05, 0) is 28.1 Å². The van der Waals surface area contributed by atoms with E-state index in [2.05, 4.69) is 25.9 Å². The highest BCUT2D eigenvalue weighted by molar-refractivity contribution is 9.10. The van der Waals surface area contributed by atoms with E-state index in [1.807, 2.05) is 0 Å². The Morgan fingerprint density at radius 1 is 1.25 bits per heavy atom. The Morgan fingerprint density at radius 2 is 2.06 bits per heavy atom. The van der Waals surface area contributed by atoms with E-state index in [1.165, 1.54) is 18.5 Å². The highest BCUT2D eigenvalue weighted by atomic mass is 79.9. The molecule has 0 saturated carbocycles. The zero-order chi connectivity index (χ0) is 11.5. The molecule has 0 unspecified atom stereocenters. The van der Waals surface area contributed by atoms with E-state index in [4.69, 9.17) is 10.5 Å². The van der Waals surface area contributed by atoms with Crippen molar-refractivity contribution in [3.8, 4) is 11.6 Å². The molecule has 2 rings (SSSR count). The fourth-order valence-electron chi connectivity index (χ4n) is 1.07. The van der Waals surface area contributed by atoms with Crippen LogP contribution in [0.15, 0.2) is 35.1 Å². The van der Waals surface area contributed by atoms with Gasteiger partial charge in [-0.15, -0.1) is 0 Å². The average Bonchev–Trinajstić information content (AvgIpc) is 2.24. The first-order valence-electron chi connectivity index (χ1n) is 4.35. The highest BCUT2D eigenvalue weighted by Gasteiger charge is 2.03. The van der Waals surface area contributed by atoms with Gasteiger partial charge >= 0.3 is 0 Å². The third-order valence-corrected chi connectivity index (χ3v) is 2.42. The maximum atomic E-state index is 13.2. The van der Waals surface area contributed by atoms with Gasteiger partial charge in [-0.3, -0.25) is 0 Å². The van der Waals surface area contributed by atoms with Gasteiger partial charge < -0.3 is 10.5 Å². The zero-order valence-corrected chi connectivity index (χ0v) is 9.61. The van der Waals surface area contributed by atoms with E-state index in [0.717, 1.165) is 0 Å². The van der Waals surface area contributed by atoms with Crippen molar-refractivity contribution in [1.82, 2.24) is 9.97 Å². The molecule has 1 aromatic carbocycles. The van der Waals surface area contributed by atoms with Gasteiger partial charge in [-0.25, -0.2) is 14.4 Å². The summed E-state index contributed by atoms with van der Waals surface area (Å²) in [6, 6.07) is 5.88. The van der Waals surface area contributed by atoms with Crippen molar-refractivity contribution < 1.29 is 9.13 Å². The number of benzene rings is 1. The molecule has 2 aromatic rings. The topological polar surface area (TPSA) is 61.0 Å². The van der Waals surface area contributed by atoms with Crippen molar-refractivity contribution in [3.05, 3.63) is 40.9 Å². The summed E-state index contributed by atoms with van der Waals surface area (Å²) in [5, 5.41) is 0.